The predicted octanol–water partition coefficient (Wildman–Crippen LogP) is 1.32. The molecule has 5 nitrogen and oxygen atoms in total. The Morgan fingerprint density at radius 3 is 3.00 bits per heavy atom. The van der Waals surface area contributed by atoms with Gasteiger partial charge >= 0.3 is 0 Å². The zero-order valence-corrected chi connectivity index (χ0v) is 10.7. The van der Waals surface area contributed by atoms with Gasteiger partial charge in [0.25, 0.3) is 0 Å². The third-order valence-electron chi connectivity index (χ3n) is 2.95. The number of hydrogen-bond donors (Lipinski definition) is 2. The Bertz CT molecular complexity index is 422. The number of nitrogens with one attached hydrogen (secondary N) is 2. The molecule has 0 saturated carbocycles. The molecule has 2 N–H and O–H groups in total. The van der Waals surface area contributed by atoms with Crippen molar-refractivity contribution in [2.45, 2.75) is 25.4 Å². The van der Waals surface area contributed by atoms with E-state index in [-0.39, 0.29) is 24.2 Å². The lowest BCUT2D eigenvalue weighted by molar-refractivity contribution is -0.117. The monoisotopic (exact) mass is 267 g/mol. The van der Waals surface area contributed by atoms with E-state index in [4.69, 9.17) is 4.74 Å². The Kier molecular flexibility index (Phi) is 5.23. The van der Waals surface area contributed by atoms with E-state index in [2.05, 4.69) is 15.6 Å². The number of pyridine rings is 1. The number of hydrogen-bond acceptors (Lipinski definition) is 4. The Hall–Kier alpha value is -1.53. The first-order chi connectivity index (χ1) is 9.24. The summed E-state index contributed by atoms with van der Waals surface area (Å²) in [5.41, 5.74) is 0. The van der Waals surface area contributed by atoms with Gasteiger partial charge in [-0.25, -0.2) is 4.98 Å². The van der Waals surface area contributed by atoms with Crippen LogP contribution in [0, 0.1) is 5.95 Å². The first-order valence-electron chi connectivity index (χ1n) is 6.49. The zero-order valence-electron chi connectivity index (χ0n) is 10.7. The van der Waals surface area contributed by atoms with Crippen molar-refractivity contribution in [1.82, 2.24) is 10.3 Å². The van der Waals surface area contributed by atoms with Gasteiger partial charge in [-0.05, 0) is 38.1 Å². The highest BCUT2D eigenvalue weighted by Gasteiger charge is 2.13. The van der Waals surface area contributed by atoms with Crippen LogP contribution in [0.25, 0.3) is 0 Å². The highest BCUT2D eigenvalue weighted by Crippen LogP contribution is 2.08. The van der Waals surface area contributed by atoms with Crippen LogP contribution in [0.2, 0.25) is 0 Å². The number of halogens is 1. The van der Waals surface area contributed by atoms with E-state index >= 15 is 0 Å². The number of anilines is 1. The van der Waals surface area contributed by atoms with Crippen LogP contribution in [0.5, 0.6) is 0 Å². The van der Waals surface area contributed by atoms with Crippen molar-refractivity contribution in [3.63, 3.8) is 0 Å². The molecule has 2 rings (SSSR count). The van der Waals surface area contributed by atoms with Crippen LogP contribution in [0.1, 0.15) is 19.3 Å². The van der Waals surface area contributed by atoms with Gasteiger partial charge in [-0.15, -0.1) is 0 Å². The predicted molar refractivity (Wildman–Crippen MR) is 69.3 cm³/mol. The lowest BCUT2D eigenvalue weighted by Gasteiger charge is -2.22. The number of carbonyl (C=O) groups excluding carboxylic acids is 1. The van der Waals surface area contributed by atoms with Crippen LogP contribution in [-0.2, 0) is 9.53 Å². The first kappa shape index (κ1) is 13.9. The summed E-state index contributed by atoms with van der Waals surface area (Å²) in [5.74, 6) is -0.595. The standard InChI is InChI=1S/C13H18FN3O2/c14-11-2-1-3-12(16-11)17-13(18)6-9-19-10-4-7-15-8-5-10/h1-3,10,15H,4-9H2,(H,16,17,18). The molecule has 1 aliphatic heterocycles. The second kappa shape index (κ2) is 7.16. The van der Waals surface area contributed by atoms with Crippen molar-refractivity contribution >= 4 is 11.7 Å². The van der Waals surface area contributed by atoms with Gasteiger partial charge in [0.05, 0.1) is 19.1 Å². The third kappa shape index (κ3) is 4.92. The summed E-state index contributed by atoms with van der Waals surface area (Å²) in [7, 11) is 0. The second-order valence-corrected chi connectivity index (χ2v) is 4.46. The van der Waals surface area contributed by atoms with Crippen LogP contribution >= 0.6 is 0 Å². The summed E-state index contributed by atoms with van der Waals surface area (Å²) in [5, 5.41) is 5.79. The number of piperidine rings is 1. The quantitative estimate of drug-likeness (QED) is 0.790. The van der Waals surface area contributed by atoms with Crippen molar-refractivity contribution in [2.24, 2.45) is 0 Å². The van der Waals surface area contributed by atoms with Gasteiger partial charge in [0.2, 0.25) is 11.9 Å². The van der Waals surface area contributed by atoms with Crippen LogP contribution in [0.3, 0.4) is 0 Å². The van der Waals surface area contributed by atoms with Gasteiger partial charge < -0.3 is 15.4 Å². The summed E-state index contributed by atoms with van der Waals surface area (Å²) >= 11 is 0. The minimum Gasteiger partial charge on any atom is -0.378 e. The maximum atomic E-state index is 12.8. The van der Waals surface area contributed by atoms with Crippen LogP contribution < -0.4 is 10.6 Å². The fourth-order valence-electron chi connectivity index (χ4n) is 1.96. The molecule has 0 aliphatic carbocycles. The lowest BCUT2D eigenvalue weighted by atomic mass is 10.1. The van der Waals surface area contributed by atoms with Crippen molar-refractivity contribution in [2.75, 3.05) is 25.0 Å². The highest BCUT2D eigenvalue weighted by atomic mass is 19.1. The molecule has 2 heterocycles. The number of nitrogens with zero attached hydrogens (tertiary/aromatic N) is 1. The summed E-state index contributed by atoms with van der Waals surface area (Å²) in [6, 6.07) is 4.29. The maximum absolute atomic E-state index is 12.8. The molecule has 1 amide bonds. The average molecular weight is 267 g/mol. The smallest absolute Gasteiger partial charge is 0.227 e. The van der Waals surface area contributed by atoms with Gasteiger partial charge in [-0.3, -0.25) is 4.79 Å². The minimum atomic E-state index is -0.608. The van der Waals surface area contributed by atoms with E-state index in [1.54, 1.807) is 6.07 Å². The van der Waals surface area contributed by atoms with E-state index in [0.717, 1.165) is 25.9 Å². The molecule has 0 unspecified atom stereocenters. The number of rotatable bonds is 5. The largest absolute Gasteiger partial charge is 0.378 e. The van der Waals surface area contributed by atoms with Crippen molar-refractivity contribution in [3.8, 4) is 0 Å². The SMILES string of the molecule is O=C(CCOC1CCNCC1)Nc1cccc(F)n1. The Balaban J connectivity index is 1.67. The summed E-state index contributed by atoms with van der Waals surface area (Å²) in [6.45, 7) is 2.31. The summed E-state index contributed by atoms with van der Waals surface area (Å²) in [4.78, 5) is 15.2. The van der Waals surface area contributed by atoms with E-state index < -0.39 is 5.95 Å². The topological polar surface area (TPSA) is 63.2 Å². The van der Waals surface area contributed by atoms with E-state index in [1.807, 2.05) is 0 Å². The highest BCUT2D eigenvalue weighted by molar-refractivity contribution is 5.89. The van der Waals surface area contributed by atoms with Crippen LogP contribution in [0.15, 0.2) is 18.2 Å². The van der Waals surface area contributed by atoms with E-state index in [9.17, 15) is 9.18 Å². The molecule has 0 spiro atoms. The number of amides is 1. The molecule has 0 radical (unpaired) electrons. The molecule has 0 aromatic carbocycles. The minimum absolute atomic E-state index is 0.216. The molecule has 0 bridgehead atoms. The van der Waals surface area contributed by atoms with Gasteiger partial charge in [0.1, 0.15) is 5.82 Å². The fraction of sp³-hybridized carbons (Fsp3) is 0.538. The van der Waals surface area contributed by atoms with Crippen LogP contribution in [0.4, 0.5) is 10.2 Å². The molecule has 19 heavy (non-hydrogen) atoms. The summed E-state index contributed by atoms with van der Waals surface area (Å²) in [6.07, 6.45) is 2.45. The molecule has 1 fully saturated rings. The van der Waals surface area contributed by atoms with E-state index in [1.165, 1.54) is 12.1 Å². The molecule has 0 atom stereocenters. The van der Waals surface area contributed by atoms with Crippen molar-refractivity contribution in [1.29, 1.82) is 0 Å². The fourth-order valence-corrected chi connectivity index (χ4v) is 1.96. The lowest BCUT2D eigenvalue weighted by Crippen LogP contribution is -2.33. The average Bonchev–Trinajstić information content (AvgIpc) is 2.40. The molecule has 1 saturated heterocycles. The molecular weight excluding hydrogens is 249 g/mol. The molecular formula is C13H18FN3O2. The first-order valence-corrected chi connectivity index (χ1v) is 6.49. The third-order valence-corrected chi connectivity index (χ3v) is 2.95. The number of ether oxygens (including phenoxy) is 1. The van der Waals surface area contributed by atoms with Gasteiger partial charge in [0.15, 0.2) is 0 Å². The molecule has 1 aliphatic rings. The van der Waals surface area contributed by atoms with E-state index in [0.29, 0.717) is 6.61 Å². The summed E-state index contributed by atoms with van der Waals surface area (Å²) < 4.78 is 18.4. The Morgan fingerprint density at radius 2 is 2.26 bits per heavy atom. The Labute approximate surface area is 111 Å². The number of carbonyl (C=O) groups is 1. The van der Waals surface area contributed by atoms with Crippen molar-refractivity contribution in [3.05, 3.63) is 24.1 Å². The number of aromatic nitrogens is 1. The molecule has 104 valence electrons. The molecule has 1 aromatic heterocycles. The normalized spacial score (nSPS) is 16.3. The van der Waals surface area contributed by atoms with Gasteiger partial charge in [-0.2, -0.15) is 4.39 Å². The van der Waals surface area contributed by atoms with Crippen molar-refractivity contribution < 1.29 is 13.9 Å². The maximum Gasteiger partial charge on any atom is 0.227 e. The molecule has 6 heteroatoms. The Morgan fingerprint density at radius 1 is 1.47 bits per heavy atom. The van der Waals surface area contributed by atoms with Gasteiger partial charge in [-0.1, -0.05) is 6.07 Å². The van der Waals surface area contributed by atoms with Crippen LogP contribution in [-0.4, -0.2) is 36.7 Å². The second-order valence-electron chi connectivity index (χ2n) is 4.46. The molecule has 1 aromatic rings. The van der Waals surface area contributed by atoms with Gasteiger partial charge in [0, 0.05) is 0 Å². The zero-order chi connectivity index (χ0) is 13.5.